The van der Waals surface area contributed by atoms with Crippen LogP contribution in [0.2, 0.25) is 0 Å². The van der Waals surface area contributed by atoms with E-state index in [2.05, 4.69) is 65.0 Å². The van der Waals surface area contributed by atoms with Crippen LogP contribution in [-0.2, 0) is 6.54 Å². The van der Waals surface area contributed by atoms with Crippen LogP contribution in [0.1, 0.15) is 26.3 Å². The Morgan fingerprint density at radius 3 is 2.43 bits per heavy atom. The molecule has 0 unspecified atom stereocenters. The van der Waals surface area contributed by atoms with Gasteiger partial charge in [0.05, 0.1) is 6.54 Å². The topological polar surface area (TPSA) is 69.8 Å². The number of halogens is 1. The Balaban J connectivity index is 0.00000264. The van der Waals surface area contributed by atoms with Gasteiger partial charge in [0.2, 0.25) is 0 Å². The average Bonchev–Trinajstić information content (AvgIpc) is 2.45. The normalized spacial score (nSPS) is 16.9. The summed E-state index contributed by atoms with van der Waals surface area (Å²) in [6, 6.07) is 4.15. The standard InChI is InChI=1S/C16H28N6.HI/c1-16(2,3)20-15(17)19-12-13-5-6-14(18-11-13)22-9-7-21(4)8-10-22;/h5-6,11H,7-10,12H2,1-4H3,(H3,17,19,20);1H. The zero-order valence-corrected chi connectivity index (χ0v) is 16.9. The minimum Gasteiger partial charge on any atom is -0.370 e. The summed E-state index contributed by atoms with van der Waals surface area (Å²) in [5.74, 6) is 1.51. The van der Waals surface area contributed by atoms with Gasteiger partial charge in [0, 0.05) is 37.9 Å². The highest BCUT2D eigenvalue weighted by atomic mass is 127. The van der Waals surface area contributed by atoms with Crippen LogP contribution in [0.15, 0.2) is 23.3 Å². The molecule has 7 heteroatoms. The molecule has 1 aliphatic rings. The molecule has 130 valence electrons. The van der Waals surface area contributed by atoms with Crippen molar-refractivity contribution in [2.45, 2.75) is 32.9 Å². The van der Waals surface area contributed by atoms with Crippen molar-refractivity contribution in [1.29, 1.82) is 0 Å². The molecule has 0 spiro atoms. The molecule has 2 heterocycles. The maximum absolute atomic E-state index is 5.87. The quantitative estimate of drug-likeness (QED) is 0.432. The lowest BCUT2D eigenvalue weighted by Gasteiger charge is -2.33. The summed E-state index contributed by atoms with van der Waals surface area (Å²) in [4.78, 5) is 13.6. The molecule has 1 saturated heterocycles. The molecule has 0 saturated carbocycles. The second-order valence-corrected chi connectivity index (χ2v) is 6.89. The lowest BCUT2D eigenvalue weighted by atomic mass is 10.1. The van der Waals surface area contributed by atoms with Gasteiger partial charge < -0.3 is 20.9 Å². The van der Waals surface area contributed by atoms with Gasteiger partial charge in [-0.2, -0.15) is 0 Å². The number of nitrogens with zero attached hydrogens (tertiary/aromatic N) is 4. The predicted molar refractivity (Wildman–Crippen MR) is 108 cm³/mol. The third kappa shape index (κ3) is 6.90. The van der Waals surface area contributed by atoms with E-state index >= 15 is 0 Å². The molecule has 6 nitrogen and oxygen atoms in total. The average molecular weight is 432 g/mol. The molecule has 1 aromatic heterocycles. The molecule has 0 atom stereocenters. The van der Waals surface area contributed by atoms with Crippen molar-refractivity contribution in [3.05, 3.63) is 23.9 Å². The Morgan fingerprint density at radius 2 is 1.91 bits per heavy atom. The molecular weight excluding hydrogens is 403 g/mol. The lowest BCUT2D eigenvalue weighted by molar-refractivity contribution is 0.312. The summed E-state index contributed by atoms with van der Waals surface area (Å²) in [5.41, 5.74) is 6.87. The van der Waals surface area contributed by atoms with E-state index in [0.717, 1.165) is 37.6 Å². The number of nitrogens with two attached hydrogens (primary N) is 1. The largest absolute Gasteiger partial charge is 0.370 e. The highest BCUT2D eigenvalue weighted by Gasteiger charge is 2.15. The Kier molecular flexibility index (Phi) is 7.53. The number of likely N-dealkylation sites (N-methyl/N-ethyl adjacent to an activating group) is 1. The number of anilines is 1. The molecule has 1 aromatic rings. The zero-order valence-electron chi connectivity index (χ0n) is 14.5. The third-order valence-corrected chi connectivity index (χ3v) is 3.57. The number of piperazine rings is 1. The van der Waals surface area contributed by atoms with Crippen molar-refractivity contribution in [3.63, 3.8) is 0 Å². The van der Waals surface area contributed by atoms with Crippen LogP contribution in [0.25, 0.3) is 0 Å². The van der Waals surface area contributed by atoms with Crippen molar-refractivity contribution in [2.24, 2.45) is 10.7 Å². The zero-order chi connectivity index (χ0) is 16.2. The summed E-state index contributed by atoms with van der Waals surface area (Å²) in [6.07, 6.45) is 1.89. The second-order valence-electron chi connectivity index (χ2n) is 6.89. The first-order valence-electron chi connectivity index (χ1n) is 7.80. The van der Waals surface area contributed by atoms with Gasteiger partial charge in [0.15, 0.2) is 5.96 Å². The Morgan fingerprint density at radius 1 is 1.26 bits per heavy atom. The maximum Gasteiger partial charge on any atom is 0.189 e. The molecular formula is C16H29IN6. The first kappa shape index (κ1) is 20.0. The molecule has 1 aliphatic heterocycles. The Labute approximate surface area is 156 Å². The van der Waals surface area contributed by atoms with Crippen LogP contribution in [0.4, 0.5) is 5.82 Å². The van der Waals surface area contributed by atoms with Gasteiger partial charge in [-0.05, 0) is 39.4 Å². The number of pyridine rings is 1. The first-order chi connectivity index (χ1) is 10.3. The van der Waals surface area contributed by atoms with E-state index in [4.69, 9.17) is 5.73 Å². The molecule has 0 amide bonds. The van der Waals surface area contributed by atoms with Crippen LogP contribution in [0.5, 0.6) is 0 Å². The van der Waals surface area contributed by atoms with Crippen molar-refractivity contribution >= 4 is 35.8 Å². The minimum absolute atomic E-state index is 0. The SMILES string of the molecule is CN1CCN(c2ccc(CN=C(N)NC(C)(C)C)cn2)CC1.I. The maximum atomic E-state index is 5.87. The highest BCUT2D eigenvalue weighted by Crippen LogP contribution is 2.14. The minimum atomic E-state index is -0.0723. The van der Waals surface area contributed by atoms with E-state index in [9.17, 15) is 0 Å². The summed E-state index contributed by atoms with van der Waals surface area (Å²) in [7, 11) is 2.15. The monoisotopic (exact) mass is 432 g/mol. The van der Waals surface area contributed by atoms with Crippen LogP contribution >= 0.6 is 24.0 Å². The fourth-order valence-electron chi connectivity index (χ4n) is 2.33. The highest BCUT2D eigenvalue weighted by molar-refractivity contribution is 14.0. The molecule has 1 fully saturated rings. The van der Waals surface area contributed by atoms with Gasteiger partial charge in [0.25, 0.3) is 0 Å². The Hall–Kier alpha value is -1.09. The molecule has 0 aliphatic carbocycles. The summed E-state index contributed by atoms with van der Waals surface area (Å²) in [5, 5.41) is 3.15. The first-order valence-corrected chi connectivity index (χ1v) is 7.80. The number of nitrogens with one attached hydrogen (secondary N) is 1. The Bertz CT molecular complexity index is 500. The lowest BCUT2D eigenvalue weighted by Crippen LogP contribution is -2.45. The predicted octanol–water partition coefficient (Wildman–Crippen LogP) is 1.65. The number of rotatable bonds is 3. The summed E-state index contributed by atoms with van der Waals surface area (Å²) >= 11 is 0. The van der Waals surface area contributed by atoms with Crippen LogP contribution in [-0.4, -0.2) is 54.6 Å². The number of guanidine groups is 1. The number of hydrogen-bond donors (Lipinski definition) is 2. The number of aliphatic imine (C=N–C) groups is 1. The molecule has 3 N–H and O–H groups in total. The molecule has 0 aromatic carbocycles. The molecule has 0 bridgehead atoms. The van der Waals surface area contributed by atoms with Gasteiger partial charge in [-0.1, -0.05) is 6.07 Å². The van der Waals surface area contributed by atoms with Crippen molar-refractivity contribution in [2.75, 3.05) is 38.1 Å². The van der Waals surface area contributed by atoms with Gasteiger partial charge in [-0.25, -0.2) is 9.98 Å². The summed E-state index contributed by atoms with van der Waals surface area (Å²) in [6.45, 7) is 11.0. The van der Waals surface area contributed by atoms with Crippen molar-refractivity contribution in [3.8, 4) is 0 Å². The van der Waals surface area contributed by atoms with Crippen molar-refractivity contribution < 1.29 is 0 Å². The molecule has 0 radical (unpaired) electrons. The van der Waals surface area contributed by atoms with E-state index in [1.807, 2.05) is 6.20 Å². The van der Waals surface area contributed by atoms with E-state index in [0.29, 0.717) is 12.5 Å². The molecule has 23 heavy (non-hydrogen) atoms. The second kappa shape index (κ2) is 8.68. The van der Waals surface area contributed by atoms with E-state index in [1.54, 1.807) is 0 Å². The smallest absolute Gasteiger partial charge is 0.189 e. The van der Waals surface area contributed by atoms with Crippen LogP contribution < -0.4 is 16.0 Å². The van der Waals surface area contributed by atoms with Gasteiger partial charge in [-0.3, -0.25) is 0 Å². The number of aromatic nitrogens is 1. The fourth-order valence-corrected chi connectivity index (χ4v) is 2.33. The summed E-state index contributed by atoms with van der Waals surface area (Å²) < 4.78 is 0. The van der Waals surface area contributed by atoms with Crippen LogP contribution in [0.3, 0.4) is 0 Å². The van der Waals surface area contributed by atoms with Gasteiger partial charge in [-0.15, -0.1) is 24.0 Å². The fraction of sp³-hybridized carbons (Fsp3) is 0.625. The van der Waals surface area contributed by atoms with E-state index in [-0.39, 0.29) is 29.5 Å². The van der Waals surface area contributed by atoms with Crippen LogP contribution in [0, 0.1) is 0 Å². The molecule has 2 rings (SSSR count). The van der Waals surface area contributed by atoms with Crippen molar-refractivity contribution in [1.82, 2.24) is 15.2 Å². The van der Waals surface area contributed by atoms with Gasteiger partial charge in [0.1, 0.15) is 5.82 Å². The number of hydrogen-bond acceptors (Lipinski definition) is 4. The van der Waals surface area contributed by atoms with E-state index < -0.39 is 0 Å². The van der Waals surface area contributed by atoms with E-state index in [1.165, 1.54) is 0 Å². The van der Waals surface area contributed by atoms with Gasteiger partial charge >= 0.3 is 0 Å². The third-order valence-electron chi connectivity index (χ3n) is 3.57.